The number of nitrogens with zero attached hydrogens (tertiary/aromatic N) is 3. The Morgan fingerprint density at radius 3 is 2.73 bits per heavy atom. The van der Waals surface area contributed by atoms with Crippen LogP contribution in [0.15, 0.2) is 59.8 Å². The van der Waals surface area contributed by atoms with Crippen LogP contribution in [-0.4, -0.2) is 52.0 Å². The van der Waals surface area contributed by atoms with Crippen molar-refractivity contribution in [3.05, 3.63) is 82.2 Å². The topological polar surface area (TPSA) is 104 Å². The molecular formula is C25H23N3O5. The SMILES string of the molecule is COC(=O)c1ccc(Cc2cc3c(=O)n(C4CCOCC4O)cnc3c3ccccc23)cn1. The van der Waals surface area contributed by atoms with E-state index < -0.39 is 12.1 Å². The van der Waals surface area contributed by atoms with Gasteiger partial charge in [-0.05, 0) is 41.5 Å². The number of carbonyl (C=O) groups excluding carboxylic acids is 1. The minimum Gasteiger partial charge on any atom is -0.464 e. The smallest absolute Gasteiger partial charge is 0.356 e. The van der Waals surface area contributed by atoms with E-state index in [2.05, 4.69) is 9.97 Å². The van der Waals surface area contributed by atoms with Crippen LogP contribution < -0.4 is 5.56 Å². The van der Waals surface area contributed by atoms with Crippen molar-refractivity contribution in [3.63, 3.8) is 0 Å². The summed E-state index contributed by atoms with van der Waals surface area (Å²) in [6.07, 6.45) is 3.50. The molecule has 8 nitrogen and oxygen atoms in total. The number of aliphatic hydroxyl groups is 1. The maximum atomic E-state index is 13.5. The lowest BCUT2D eigenvalue weighted by Gasteiger charge is -2.29. The molecule has 0 bridgehead atoms. The van der Waals surface area contributed by atoms with E-state index in [1.54, 1.807) is 12.3 Å². The number of pyridine rings is 1. The van der Waals surface area contributed by atoms with Crippen molar-refractivity contribution in [3.8, 4) is 0 Å². The highest BCUT2D eigenvalue weighted by molar-refractivity contribution is 6.06. The predicted octanol–water partition coefficient (Wildman–Crippen LogP) is 2.64. The number of rotatable bonds is 4. The molecule has 33 heavy (non-hydrogen) atoms. The molecule has 0 saturated carbocycles. The molecular weight excluding hydrogens is 422 g/mol. The molecule has 1 saturated heterocycles. The lowest BCUT2D eigenvalue weighted by molar-refractivity contribution is -0.0395. The third kappa shape index (κ3) is 3.88. The van der Waals surface area contributed by atoms with Gasteiger partial charge in [0.1, 0.15) is 5.69 Å². The van der Waals surface area contributed by atoms with Gasteiger partial charge >= 0.3 is 5.97 Å². The molecule has 2 atom stereocenters. The van der Waals surface area contributed by atoms with Gasteiger partial charge in [0.05, 0.1) is 43.1 Å². The maximum absolute atomic E-state index is 13.5. The third-order valence-electron chi connectivity index (χ3n) is 6.14. The summed E-state index contributed by atoms with van der Waals surface area (Å²) >= 11 is 0. The van der Waals surface area contributed by atoms with Crippen LogP contribution in [0, 0.1) is 0 Å². The van der Waals surface area contributed by atoms with Crippen molar-refractivity contribution in [1.29, 1.82) is 0 Å². The number of carbonyl (C=O) groups is 1. The number of ether oxygens (including phenoxy) is 2. The average Bonchev–Trinajstić information content (AvgIpc) is 2.85. The zero-order valence-corrected chi connectivity index (χ0v) is 18.1. The van der Waals surface area contributed by atoms with Crippen molar-refractivity contribution in [2.24, 2.45) is 0 Å². The highest BCUT2D eigenvalue weighted by Crippen LogP contribution is 2.28. The number of benzene rings is 2. The minimum absolute atomic E-state index is 0.183. The van der Waals surface area contributed by atoms with Crippen LogP contribution in [-0.2, 0) is 15.9 Å². The summed E-state index contributed by atoms with van der Waals surface area (Å²) in [5.41, 5.74) is 2.55. The van der Waals surface area contributed by atoms with Crippen LogP contribution in [0.2, 0.25) is 0 Å². The summed E-state index contributed by atoms with van der Waals surface area (Å²) < 4.78 is 11.6. The first-order chi connectivity index (χ1) is 16.1. The van der Waals surface area contributed by atoms with E-state index in [1.165, 1.54) is 18.0 Å². The number of hydrogen-bond donors (Lipinski definition) is 1. The molecule has 0 radical (unpaired) electrons. The second kappa shape index (κ2) is 8.73. The second-order valence-corrected chi connectivity index (χ2v) is 8.15. The summed E-state index contributed by atoms with van der Waals surface area (Å²) in [7, 11) is 1.32. The van der Waals surface area contributed by atoms with E-state index in [0.29, 0.717) is 30.4 Å². The van der Waals surface area contributed by atoms with E-state index >= 15 is 0 Å². The fraction of sp³-hybridized carbons (Fsp3) is 0.280. The molecule has 5 rings (SSSR count). The highest BCUT2D eigenvalue weighted by Gasteiger charge is 2.27. The molecule has 0 amide bonds. The Morgan fingerprint density at radius 1 is 1.18 bits per heavy atom. The fourth-order valence-corrected chi connectivity index (χ4v) is 4.44. The number of aromatic nitrogens is 3. The van der Waals surface area contributed by atoms with Gasteiger partial charge in [-0.1, -0.05) is 30.3 Å². The van der Waals surface area contributed by atoms with Crippen molar-refractivity contribution in [2.75, 3.05) is 20.3 Å². The molecule has 1 aliphatic heterocycles. The van der Waals surface area contributed by atoms with Crippen molar-refractivity contribution < 1.29 is 19.4 Å². The number of fused-ring (bicyclic) bond motifs is 3. The fourth-order valence-electron chi connectivity index (χ4n) is 4.44. The van der Waals surface area contributed by atoms with Crippen LogP contribution >= 0.6 is 0 Å². The third-order valence-corrected chi connectivity index (χ3v) is 6.14. The molecule has 0 aliphatic carbocycles. The second-order valence-electron chi connectivity index (χ2n) is 8.15. The summed E-state index contributed by atoms with van der Waals surface area (Å²) in [4.78, 5) is 34.0. The summed E-state index contributed by atoms with van der Waals surface area (Å²) in [6.45, 7) is 0.691. The number of esters is 1. The van der Waals surface area contributed by atoms with Crippen LogP contribution in [0.25, 0.3) is 21.7 Å². The van der Waals surface area contributed by atoms with E-state index in [9.17, 15) is 14.7 Å². The molecule has 1 fully saturated rings. The van der Waals surface area contributed by atoms with Crippen LogP contribution in [0.4, 0.5) is 0 Å². The Labute approximate surface area is 189 Å². The highest BCUT2D eigenvalue weighted by atomic mass is 16.5. The van der Waals surface area contributed by atoms with Gasteiger partial charge in [0.25, 0.3) is 5.56 Å². The first kappa shape index (κ1) is 21.2. The van der Waals surface area contributed by atoms with Gasteiger partial charge in [-0.3, -0.25) is 9.36 Å². The first-order valence-electron chi connectivity index (χ1n) is 10.8. The van der Waals surface area contributed by atoms with Gasteiger partial charge in [0.2, 0.25) is 0 Å². The van der Waals surface area contributed by atoms with Gasteiger partial charge in [0.15, 0.2) is 0 Å². The quantitative estimate of drug-likeness (QED) is 0.380. The lowest BCUT2D eigenvalue weighted by atomic mass is 9.96. The largest absolute Gasteiger partial charge is 0.464 e. The van der Waals surface area contributed by atoms with Crippen molar-refractivity contribution in [2.45, 2.75) is 25.0 Å². The van der Waals surface area contributed by atoms with Gasteiger partial charge in [-0.2, -0.15) is 0 Å². The summed E-state index contributed by atoms with van der Waals surface area (Å²) in [5, 5.41) is 12.8. The predicted molar refractivity (Wildman–Crippen MR) is 122 cm³/mol. The Bertz CT molecular complexity index is 1400. The molecule has 2 aromatic heterocycles. The average molecular weight is 445 g/mol. The Hall–Kier alpha value is -3.62. The minimum atomic E-state index is -0.755. The van der Waals surface area contributed by atoms with E-state index in [0.717, 1.165) is 21.9 Å². The maximum Gasteiger partial charge on any atom is 0.356 e. The molecule has 1 aliphatic rings. The standard InChI is InChI=1S/C25H23N3O5/c1-32-25(31)20-7-6-15(12-26-20)10-16-11-19-23(18-5-3-2-4-17(16)18)27-14-28(24(19)30)21-8-9-33-13-22(21)29/h2-7,11-12,14,21-22,29H,8-10,13H2,1H3. The molecule has 4 aromatic rings. The van der Waals surface area contributed by atoms with E-state index in [-0.39, 0.29) is 23.9 Å². The van der Waals surface area contributed by atoms with Gasteiger partial charge in [0, 0.05) is 18.2 Å². The van der Waals surface area contributed by atoms with Crippen molar-refractivity contribution >= 4 is 27.6 Å². The monoisotopic (exact) mass is 445 g/mol. The van der Waals surface area contributed by atoms with Crippen molar-refractivity contribution in [1.82, 2.24) is 14.5 Å². The summed E-state index contributed by atoms with van der Waals surface area (Å²) in [5.74, 6) is -0.486. The normalized spacial score (nSPS) is 18.5. The lowest BCUT2D eigenvalue weighted by Crippen LogP contribution is -2.39. The molecule has 2 unspecified atom stereocenters. The Morgan fingerprint density at radius 2 is 2.00 bits per heavy atom. The number of hydrogen-bond acceptors (Lipinski definition) is 7. The van der Waals surface area contributed by atoms with E-state index in [1.807, 2.05) is 36.4 Å². The van der Waals surface area contributed by atoms with Crippen LogP contribution in [0.3, 0.4) is 0 Å². The molecule has 2 aromatic carbocycles. The zero-order chi connectivity index (χ0) is 22.9. The number of methoxy groups -OCH3 is 1. The first-order valence-corrected chi connectivity index (χ1v) is 10.8. The zero-order valence-electron chi connectivity index (χ0n) is 18.1. The molecule has 3 heterocycles. The molecule has 168 valence electrons. The number of aliphatic hydroxyl groups excluding tert-OH is 1. The summed E-state index contributed by atoms with van der Waals surface area (Å²) in [6, 6.07) is 12.8. The van der Waals surface area contributed by atoms with Crippen LogP contribution in [0.5, 0.6) is 0 Å². The van der Waals surface area contributed by atoms with Gasteiger partial charge in [-0.25, -0.2) is 14.8 Å². The Kier molecular flexibility index (Phi) is 5.62. The molecule has 0 spiro atoms. The van der Waals surface area contributed by atoms with Crippen LogP contribution in [0.1, 0.15) is 34.1 Å². The van der Waals surface area contributed by atoms with Gasteiger partial charge in [-0.15, -0.1) is 0 Å². The van der Waals surface area contributed by atoms with E-state index in [4.69, 9.17) is 9.47 Å². The van der Waals surface area contributed by atoms with Gasteiger partial charge < -0.3 is 14.6 Å². The molecule has 1 N–H and O–H groups in total. The molecule has 8 heteroatoms. The Balaban J connectivity index is 1.62.